The van der Waals surface area contributed by atoms with Crippen LogP contribution in [-0.4, -0.2) is 33.8 Å². The van der Waals surface area contributed by atoms with Gasteiger partial charge in [-0.3, -0.25) is 4.79 Å². The second-order valence-electron chi connectivity index (χ2n) is 7.73. The van der Waals surface area contributed by atoms with Crippen LogP contribution in [0.15, 0.2) is 47.1 Å². The fraction of sp³-hybridized carbons (Fsp3) is 0.320. The van der Waals surface area contributed by atoms with Crippen LogP contribution in [0.1, 0.15) is 26.3 Å². The first kappa shape index (κ1) is 22.3. The van der Waals surface area contributed by atoms with Crippen LogP contribution in [-0.2, 0) is 4.79 Å². The number of ether oxygens (including phenoxy) is 3. The standard InChI is InChI=1S/C25H29NO5/c1-15(2)13-26-25(27)9-16(3)18-11-19-20(14-31-23(19)12-22(18)29-5)17-7-8-21(28-4)24(10-17)30-6/h7-12,14-15H,13H2,1-6H3,(H,26,27)/b16-9+. The number of methoxy groups -OCH3 is 3. The quantitative estimate of drug-likeness (QED) is 0.498. The van der Waals surface area contributed by atoms with Crippen molar-refractivity contribution in [3.8, 4) is 28.4 Å². The lowest BCUT2D eigenvalue weighted by atomic mass is 9.99. The molecule has 6 nitrogen and oxygen atoms in total. The third kappa shape index (κ3) is 4.85. The lowest BCUT2D eigenvalue weighted by Gasteiger charge is -2.11. The number of hydrogen-bond acceptors (Lipinski definition) is 5. The molecule has 0 spiro atoms. The summed E-state index contributed by atoms with van der Waals surface area (Å²) in [5.74, 6) is 2.21. The highest BCUT2D eigenvalue weighted by Crippen LogP contribution is 2.39. The van der Waals surface area contributed by atoms with Gasteiger partial charge in [0.05, 0.1) is 27.6 Å². The predicted molar refractivity (Wildman–Crippen MR) is 123 cm³/mol. The minimum Gasteiger partial charge on any atom is -0.496 e. The molecule has 0 radical (unpaired) electrons. The van der Waals surface area contributed by atoms with Crippen molar-refractivity contribution in [3.05, 3.63) is 48.2 Å². The summed E-state index contributed by atoms with van der Waals surface area (Å²) in [5, 5.41) is 3.83. The average Bonchev–Trinajstić information content (AvgIpc) is 3.19. The van der Waals surface area contributed by atoms with Crippen molar-refractivity contribution in [2.75, 3.05) is 27.9 Å². The Morgan fingerprint density at radius 1 is 1.03 bits per heavy atom. The first-order valence-electron chi connectivity index (χ1n) is 10.2. The topological polar surface area (TPSA) is 69.9 Å². The van der Waals surface area contributed by atoms with Gasteiger partial charge in [-0.1, -0.05) is 19.9 Å². The van der Waals surface area contributed by atoms with Crippen molar-refractivity contribution in [2.24, 2.45) is 5.92 Å². The molecule has 2 aromatic carbocycles. The lowest BCUT2D eigenvalue weighted by molar-refractivity contribution is -0.116. The Hall–Kier alpha value is -3.41. The highest BCUT2D eigenvalue weighted by molar-refractivity contribution is 6.00. The van der Waals surface area contributed by atoms with Gasteiger partial charge in [0.2, 0.25) is 5.91 Å². The molecule has 0 aliphatic rings. The van der Waals surface area contributed by atoms with Crippen LogP contribution in [0.4, 0.5) is 0 Å². The van der Waals surface area contributed by atoms with Gasteiger partial charge < -0.3 is 23.9 Å². The number of benzene rings is 2. The van der Waals surface area contributed by atoms with E-state index in [1.165, 1.54) is 0 Å². The summed E-state index contributed by atoms with van der Waals surface area (Å²) in [6.07, 6.45) is 3.31. The minimum atomic E-state index is -0.124. The molecule has 0 unspecified atom stereocenters. The monoisotopic (exact) mass is 423 g/mol. The van der Waals surface area contributed by atoms with Gasteiger partial charge in [-0.15, -0.1) is 0 Å². The van der Waals surface area contributed by atoms with Crippen molar-refractivity contribution in [1.29, 1.82) is 0 Å². The first-order chi connectivity index (χ1) is 14.9. The Bertz CT molecular complexity index is 1110. The summed E-state index contributed by atoms with van der Waals surface area (Å²) < 4.78 is 22.2. The van der Waals surface area contributed by atoms with Crippen LogP contribution in [0, 0.1) is 5.92 Å². The highest BCUT2D eigenvalue weighted by Gasteiger charge is 2.16. The van der Waals surface area contributed by atoms with E-state index in [9.17, 15) is 4.79 Å². The van der Waals surface area contributed by atoms with E-state index in [0.717, 1.165) is 27.6 Å². The molecule has 0 bridgehead atoms. The smallest absolute Gasteiger partial charge is 0.244 e. The molecule has 0 aliphatic heterocycles. The van der Waals surface area contributed by atoms with Gasteiger partial charge in [0.25, 0.3) is 0 Å². The van der Waals surface area contributed by atoms with Crippen LogP contribution in [0.2, 0.25) is 0 Å². The van der Waals surface area contributed by atoms with Crippen LogP contribution in [0.25, 0.3) is 27.7 Å². The van der Waals surface area contributed by atoms with E-state index >= 15 is 0 Å². The zero-order valence-electron chi connectivity index (χ0n) is 18.9. The Kier molecular flexibility index (Phi) is 6.90. The molecule has 0 saturated heterocycles. The number of rotatable bonds is 8. The molecule has 6 heteroatoms. The predicted octanol–water partition coefficient (Wildman–Crippen LogP) is 5.30. The summed E-state index contributed by atoms with van der Waals surface area (Å²) in [6, 6.07) is 9.57. The third-order valence-corrected chi connectivity index (χ3v) is 5.05. The van der Waals surface area contributed by atoms with Crippen LogP contribution < -0.4 is 19.5 Å². The summed E-state index contributed by atoms with van der Waals surface area (Å²) >= 11 is 0. The van der Waals surface area contributed by atoms with Gasteiger partial charge in [-0.2, -0.15) is 0 Å². The van der Waals surface area contributed by atoms with Crippen molar-refractivity contribution < 1.29 is 23.4 Å². The van der Waals surface area contributed by atoms with Gasteiger partial charge in [0, 0.05) is 35.2 Å². The van der Waals surface area contributed by atoms with E-state index in [0.29, 0.717) is 35.3 Å². The molecule has 0 saturated carbocycles. The normalized spacial score (nSPS) is 11.6. The van der Waals surface area contributed by atoms with Gasteiger partial charge in [0.15, 0.2) is 11.5 Å². The number of fused-ring (bicyclic) bond motifs is 1. The molecular weight excluding hydrogens is 394 g/mol. The van der Waals surface area contributed by atoms with Gasteiger partial charge in [0.1, 0.15) is 11.3 Å². The minimum absolute atomic E-state index is 0.124. The van der Waals surface area contributed by atoms with Crippen molar-refractivity contribution in [2.45, 2.75) is 20.8 Å². The number of amides is 1. The molecule has 3 rings (SSSR count). The Labute approximate surface area is 182 Å². The second kappa shape index (κ2) is 9.60. The number of hydrogen-bond donors (Lipinski definition) is 1. The molecule has 3 aromatic rings. The highest BCUT2D eigenvalue weighted by atomic mass is 16.5. The average molecular weight is 424 g/mol. The Balaban J connectivity index is 2.06. The molecule has 1 amide bonds. The fourth-order valence-electron chi connectivity index (χ4n) is 3.39. The third-order valence-electron chi connectivity index (χ3n) is 5.05. The summed E-state index contributed by atoms with van der Waals surface area (Å²) in [6.45, 7) is 6.64. The maximum atomic E-state index is 12.3. The number of nitrogens with one attached hydrogen (secondary N) is 1. The summed E-state index contributed by atoms with van der Waals surface area (Å²) in [7, 11) is 4.82. The van der Waals surface area contributed by atoms with E-state index in [4.69, 9.17) is 18.6 Å². The van der Waals surface area contributed by atoms with Gasteiger partial charge >= 0.3 is 0 Å². The van der Waals surface area contributed by atoms with Gasteiger partial charge in [-0.25, -0.2) is 0 Å². The molecule has 0 aliphatic carbocycles. The maximum absolute atomic E-state index is 12.3. The molecular formula is C25H29NO5. The molecule has 0 atom stereocenters. The molecule has 31 heavy (non-hydrogen) atoms. The van der Waals surface area contributed by atoms with E-state index in [2.05, 4.69) is 19.2 Å². The number of carbonyl (C=O) groups excluding carboxylic acids is 1. The Morgan fingerprint density at radius 3 is 2.39 bits per heavy atom. The van der Waals surface area contributed by atoms with E-state index in [1.807, 2.05) is 37.3 Å². The SMILES string of the molecule is COc1ccc(-c2coc3cc(OC)c(/C(C)=C/C(=O)NCC(C)C)cc23)cc1OC. The van der Waals surface area contributed by atoms with Crippen molar-refractivity contribution in [1.82, 2.24) is 5.32 Å². The molecule has 0 fully saturated rings. The zero-order chi connectivity index (χ0) is 22.5. The molecule has 164 valence electrons. The molecule has 1 N–H and O–H groups in total. The maximum Gasteiger partial charge on any atom is 0.244 e. The first-order valence-corrected chi connectivity index (χ1v) is 10.2. The largest absolute Gasteiger partial charge is 0.496 e. The summed E-state index contributed by atoms with van der Waals surface area (Å²) in [4.78, 5) is 12.3. The van der Waals surface area contributed by atoms with Crippen LogP contribution >= 0.6 is 0 Å². The number of furan rings is 1. The van der Waals surface area contributed by atoms with Crippen molar-refractivity contribution >= 4 is 22.4 Å². The van der Waals surface area contributed by atoms with Crippen LogP contribution in [0.5, 0.6) is 17.2 Å². The Morgan fingerprint density at radius 2 is 1.74 bits per heavy atom. The van der Waals surface area contributed by atoms with Crippen molar-refractivity contribution in [3.63, 3.8) is 0 Å². The number of carbonyl (C=O) groups is 1. The fourth-order valence-corrected chi connectivity index (χ4v) is 3.39. The second-order valence-corrected chi connectivity index (χ2v) is 7.73. The summed E-state index contributed by atoms with van der Waals surface area (Å²) in [5.41, 5.74) is 4.18. The van der Waals surface area contributed by atoms with E-state index in [-0.39, 0.29) is 5.91 Å². The lowest BCUT2D eigenvalue weighted by Crippen LogP contribution is -2.25. The molecule has 1 heterocycles. The zero-order valence-corrected chi connectivity index (χ0v) is 18.9. The van der Waals surface area contributed by atoms with E-state index in [1.54, 1.807) is 33.7 Å². The van der Waals surface area contributed by atoms with Crippen LogP contribution in [0.3, 0.4) is 0 Å². The van der Waals surface area contributed by atoms with E-state index < -0.39 is 0 Å². The molecule has 1 aromatic heterocycles. The van der Waals surface area contributed by atoms with Gasteiger partial charge in [-0.05, 0) is 42.2 Å². The number of allylic oxidation sites excluding steroid dienone is 1.